The molecule has 1 rings (SSSR count). The highest BCUT2D eigenvalue weighted by Crippen LogP contribution is 2.20. The van der Waals surface area contributed by atoms with Gasteiger partial charge in [0.15, 0.2) is 5.82 Å². The molecule has 74 valence electrons. The van der Waals surface area contributed by atoms with Crippen LogP contribution >= 0.6 is 0 Å². The first-order valence-corrected chi connectivity index (χ1v) is 3.57. The number of aliphatic hydroxyl groups excluding tert-OH is 1. The molecule has 0 aromatic carbocycles. The van der Waals surface area contributed by atoms with Crippen LogP contribution in [-0.4, -0.2) is 26.0 Å². The lowest BCUT2D eigenvalue weighted by atomic mass is 10.4. The Morgan fingerprint density at radius 2 is 2.15 bits per heavy atom. The minimum Gasteiger partial charge on any atom is -0.388 e. The fraction of sp³-hybridized carbons (Fsp3) is 0.667. The highest BCUT2D eigenvalue weighted by Gasteiger charge is 2.26. The van der Waals surface area contributed by atoms with Crippen molar-refractivity contribution in [3.63, 3.8) is 0 Å². The number of aliphatic hydroxyl groups is 1. The van der Waals surface area contributed by atoms with Crippen LogP contribution in [0.2, 0.25) is 0 Å². The van der Waals surface area contributed by atoms with Crippen molar-refractivity contribution in [2.75, 3.05) is 0 Å². The summed E-state index contributed by atoms with van der Waals surface area (Å²) in [6.45, 7) is -0.662. The maximum absolute atomic E-state index is 11.8. The van der Waals surface area contributed by atoms with Crippen molar-refractivity contribution in [1.29, 1.82) is 0 Å². The van der Waals surface area contributed by atoms with Crippen LogP contribution in [0.1, 0.15) is 12.2 Å². The van der Waals surface area contributed by atoms with Crippen LogP contribution in [0.15, 0.2) is 6.33 Å². The smallest absolute Gasteiger partial charge is 0.388 e. The Labute approximate surface area is 72.0 Å². The summed E-state index contributed by atoms with van der Waals surface area (Å²) in [4.78, 5) is 0. The molecule has 0 unspecified atom stereocenters. The Hall–Kier alpha value is -1.11. The summed E-state index contributed by atoms with van der Waals surface area (Å²) >= 11 is 0. The van der Waals surface area contributed by atoms with Gasteiger partial charge in [-0.05, 0) is 0 Å². The molecule has 0 aliphatic rings. The van der Waals surface area contributed by atoms with E-state index >= 15 is 0 Å². The number of nitrogens with zero attached hydrogens (tertiary/aromatic N) is 3. The lowest BCUT2D eigenvalue weighted by molar-refractivity contribution is -0.136. The lowest BCUT2D eigenvalue weighted by Gasteiger charge is -2.07. The highest BCUT2D eigenvalue weighted by molar-refractivity contribution is 4.82. The van der Waals surface area contributed by atoms with E-state index in [1.54, 1.807) is 0 Å². The third-order valence-electron chi connectivity index (χ3n) is 1.47. The van der Waals surface area contributed by atoms with Crippen molar-refractivity contribution in [1.82, 2.24) is 14.8 Å². The fourth-order valence-electron chi connectivity index (χ4n) is 0.835. The first kappa shape index (κ1) is 9.97. The van der Waals surface area contributed by atoms with Gasteiger partial charge in [0.05, 0.1) is 6.42 Å². The van der Waals surface area contributed by atoms with E-state index in [9.17, 15) is 13.2 Å². The Bertz CT molecular complexity index is 270. The Morgan fingerprint density at radius 3 is 2.69 bits per heavy atom. The molecule has 13 heavy (non-hydrogen) atoms. The first-order valence-electron chi connectivity index (χ1n) is 3.57. The summed E-state index contributed by atoms with van der Waals surface area (Å²) in [7, 11) is 0. The van der Waals surface area contributed by atoms with Crippen LogP contribution in [0.4, 0.5) is 13.2 Å². The summed E-state index contributed by atoms with van der Waals surface area (Å²) in [6.07, 6.45) is -3.98. The molecule has 0 fully saturated rings. The molecule has 0 aliphatic carbocycles. The molecule has 0 bridgehead atoms. The maximum atomic E-state index is 11.8. The highest BCUT2D eigenvalue weighted by atomic mass is 19.4. The molecular formula is C6H8F3N3O. The number of alkyl halides is 3. The molecule has 0 atom stereocenters. The van der Waals surface area contributed by atoms with Gasteiger partial charge in [-0.2, -0.15) is 13.2 Å². The summed E-state index contributed by atoms with van der Waals surface area (Å²) in [5.41, 5.74) is 0. The molecule has 0 saturated heterocycles. The van der Waals surface area contributed by atoms with Gasteiger partial charge >= 0.3 is 6.18 Å². The summed E-state index contributed by atoms with van der Waals surface area (Å²) < 4.78 is 36.5. The van der Waals surface area contributed by atoms with Gasteiger partial charge in [-0.3, -0.25) is 0 Å². The largest absolute Gasteiger partial charge is 0.390 e. The Balaban J connectivity index is 2.54. The minimum absolute atomic E-state index is 0.143. The van der Waals surface area contributed by atoms with E-state index in [2.05, 4.69) is 10.2 Å². The van der Waals surface area contributed by atoms with Gasteiger partial charge in [0.1, 0.15) is 12.9 Å². The van der Waals surface area contributed by atoms with Crippen LogP contribution in [0.5, 0.6) is 0 Å². The summed E-state index contributed by atoms with van der Waals surface area (Å²) in [5.74, 6) is 0.143. The molecule has 1 N–H and O–H groups in total. The van der Waals surface area contributed by atoms with Crippen LogP contribution < -0.4 is 0 Å². The van der Waals surface area contributed by atoms with E-state index in [0.29, 0.717) is 0 Å². The molecule has 1 heterocycles. The molecule has 0 radical (unpaired) electrons. The average molecular weight is 195 g/mol. The van der Waals surface area contributed by atoms with E-state index in [4.69, 9.17) is 5.11 Å². The molecule has 1 aromatic rings. The number of halogens is 3. The Morgan fingerprint density at radius 1 is 1.46 bits per heavy atom. The van der Waals surface area contributed by atoms with Crippen LogP contribution in [0, 0.1) is 0 Å². The van der Waals surface area contributed by atoms with Gasteiger partial charge in [-0.15, -0.1) is 10.2 Å². The maximum Gasteiger partial charge on any atom is 0.390 e. The standard InChI is InChI=1S/C6H8F3N3O/c7-6(8,9)1-2-12-4-10-11-5(12)3-13/h4,13H,1-3H2. The third kappa shape index (κ3) is 3.02. The Kier molecular flexibility index (Phi) is 2.86. The zero-order valence-electron chi connectivity index (χ0n) is 6.62. The van der Waals surface area contributed by atoms with Gasteiger partial charge in [-0.25, -0.2) is 0 Å². The van der Waals surface area contributed by atoms with Gasteiger partial charge in [-0.1, -0.05) is 0 Å². The van der Waals surface area contributed by atoms with Gasteiger partial charge < -0.3 is 9.67 Å². The number of hydrogen-bond acceptors (Lipinski definition) is 3. The number of hydrogen-bond donors (Lipinski definition) is 1. The third-order valence-corrected chi connectivity index (χ3v) is 1.47. The molecule has 0 amide bonds. The minimum atomic E-state index is -4.20. The van der Waals surface area contributed by atoms with Crippen molar-refractivity contribution in [2.45, 2.75) is 25.7 Å². The van der Waals surface area contributed by atoms with Crippen molar-refractivity contribution in [2.24, 2.45) is 0 Å². The van der Waals surface area contributed by atoms with Crippen LogP contribution in [0.3, 0.4) is 0 Å². The molecule has 7 heteroatoms. The average Bonchev–Trinajstić information content (AvgIpc) is 2.46. The fourth-order valence-corrected chi connectivity index (χ4v) is 0.835. The molecular weight excluding hydrogens is 187 g/mol. The predicted molar refractivity (Wildman–Crippen MR) is 36.6 cm³/mol. The second-order valence-corrected chi connectivity index (χ2v) is 2.46. The summed E-state index contributed by atoms with van der Waals surface area (Å²) in [5, 5.41) is 15.4. The topological polar surface area (TPSA) is 50.9 Å². The van der Waals surface area contributed by atoms with E-state index in [1.165, 1.54) is 4.57 Å². The molecule has 0 spiro atoms. The molecule has 1 aromatic heterocycles. The number of aryl methyl sites for hydroxylation is 1. The number of aromatic nitrogens is 3. The lowest BCUT2D eigenvalue weighted by Crippen LogP contribution is -2.13. The first-order chi connectivity index (χ1) is 6.03. The monoisotopic (exact) mass is 195 g/mol. The zero-order chi connectivity index (χ0) is 9.90. The van der Waals surface area contributed by atoms with Crippen molar-refractivity contribution in [3.8, 4) is 0 Å². The van der Waals surface area contributed by atoms with Crippen LogP contribution in [-0.2, 0) is 13.2 Å². The predicted octanol–water partition coefficient (Wildman–Crippen LogP) is 0.723. The quantitative estimate of drug-likeness (QED) is 0.773. The van der Waals surface area contributed by atoms with Crippen molar-refractivity contribution >= 4 is 0 Å². The van der Waals surface area contributed by atoms with Gasteiger partial charge in [0, 0.05) is 6.54 Å². The number of rotatable bonds is 3. The van der Waals surface area contributed by atoms with Gasteiger partial charge in [0.2, 0.25) is 0 Å². The van der Waals surface area contributed by atoms with E-state index in [1.807, 2.05) is 0 Å². The molecule has 0 saturated carbocycles. The van der Waals surface area contributed by atoms with Gasteiger partial charge in [0.25, 0.3) is 0 Å². The molecule has 4 nitrogen and oxygen atoms in total. The van der Waals surface area contributed by atoms with E-state index < -0.39 is 19.2 Å². The van der Waals surface area contributed by atoms with E-state index in [0.717, 1.165) is 6.33 Å². The normalized spacial score (nSPS) is 12.0. The summed E-state index contributed by atoms with van der Waals surface area (Å²) in [6, 6.07) is 0. The van der Waals surface area contributed by atoms with Crippen molar-refractivity contribution in [3.05, 3.63) is 12.2 Å². The van der Waals surface area contributed by atoms with Crippen LogP contribution in [0.25, 0.3) is 0 Å². The second kappa shape index (κ2) is 3.73. The zero-order valence-corrected chi connectivity index (χ0v) is 6.62. The van der Waals surface area contributed by atoms with Crippen molar-refractivity contribution < 1.29 is 18.3 Å². The molecule has 0 aliphatic heterocycles. The van der Waals surface area contributed by atoms with E-state index in [-0.39, 0.29) is 12.4 Å². The second-order valence-electron chi connectivity index (χ2n) is 2.46. The SMILES string of the molecule is OCc1nncn1CCC(F)(F)F.